The third-order valence-electron chi connectivity index (χ3n) is 4.69. The molecule has 0 aliphatic heterocycles. The van der Waals surface area contributed by atoms with Gasteiger partial charge in [0.2, 0.25) is 0 Å². The van der Waals surface area contributed by atoms with Gasteiger partial charge >= 0.3 is 0 Å². The highest BCUT2D eigenvalue weighted by molar-refractivity contribution is 4.83. The van der Waals surface area contributed by atoms with Crippen molar-refractivity contribution in [1.82, 2.24) is 5.32 Å². The summed E-state index contributed by atoms with van der Waals surface area (Å²) < 4.78 is 0. The maximum atomic E-state index is 3.39. The molecule has 4 atom stereocenters. The lowest BCUT2D eigenvalue weighted by Gasteiger charge is -2.39. The van der Waals surface area contributed by atoms with E-state index in [9.17, 15) is 0 Å². The fourth-order valence-electron chi connectivity index (χ4n) is 3.54. The summed E-state index contributed by atoms with van der Waals surface area (Å²) in [5.74, 6) is 3.85. The molecule has 1 aliphatic carbocycles. The predicted octanol–water partition coefficient (Wildman–Crippen LogP) is 4.08. The second kappa shape index (κ2) is 7.32. The van der Waals surface area contributed by atoms with Crippen molar-refractivity contribution in [3.63, 3.8) is 0 Å². The van der Waals surface area contributed by atoms with Crippen molar-refractivity contribution in [1.29, 1.82) is 0 Å². The molecule has 0 bridgehead atoms. The van der Waals surface area contributed by atoms with Crippen LogP contribution in [0.2, 0.25) is 0 Å². The minimum Gasteiger partial charge on any atom is -0.319 e. The van der Waals surface area contributed by atoms with E-state index in [4.69, 9.17) is 0 Å². The van der Waals surface area contributed by atoms with E-state index in [1.54, 1.807) is 0 Å². The molecule has 0 radical (unpaired) electrons. The van der Waals surface area contributed by atoms with Crippen molar-refractivity contribution in [2.45, 2.75) is 59.3 Å². The summed E-state index contributed by atoms with van der Waals surface area (Å²) in [6, 6.07) is 0. The molecule has 1 nitrogen and oxygen atoms in total. The highest BCUT2D eigenvalue weighted by Crippen LogP contribution is 2.40. The smallest absolute Gasteiger partial charge is 0.00208 e. The first kappa shape index (κ1) is 14.0. The van der Waals surface area contributed by atoms with E-state index in [0.29, 0.717) is 0 Å². The van der Waals surface area contributed by atoms with Crippen LogP contribution in [-0.4, -0.2) is 13.6 Å². The summed E-state index contributed by atoms with van der Waals surface area (Å²) in [4.78, 5) is 0. The molecule has 0 saturated heterocycles. The first-order chi connectivity index (χ1) is 7.72. The molecule has 1 saturated carbocycles. The lowest BCUT2D eigenvalue weighted by molar-refractivity contribution is 0.120. The van der Waals surface area contributed by atoms with Crippen LogP contribution in [-0.2, 0) is 0 Å². The van der Waals surface area contributed by atoms with Crippen LogP contribution >= 0.6 is 0 Å². The highest BCUT2D eigenvalue weighted by Gasteiger charge is 2.32. The molecule has 1 rings (SSSR count). The van der Waals surface area contributed by atoms with Gasteiger partial charge in [-0.3, -0.25) is 0 Å². The number of rotatable bonds is 6. The minimum atomic E-state index is 0.915. The van der Waals surface area contributed by atoms with Gasteiger partial charge in [0.25, 0.3) is 0 Å². The van der Waals surface area contributed by atoms with E-state index < -0.39 is 0 Å². The zero-order chi connectivity index (χ0) is 12.0. The monoisotopic (exact) mass is 225 g/mol. The second-order valence-corrected chi connectivity index (χ2v) is 5.83. The highest BCUT2D eigenvalue weighted by atomic mass is 14.8. The van der Waals surface area contributed by atoms with Gasteiger partial charge in [-0.1, -0.05) is 46.5 Å². The zero-order valence-corrected chi connectivity index (χ0v) is 11.8. The van der Waals surface area contributed by atoms with Gasteiger partial charge in [0.05, 0.1) is 0 Å². The summed E-state index contributed by atoms with van der Waals surface area (Å²) in [6.45, 7) is 8.37. The molecule has 4 unspecified atom stereocenters. The second-order valence-electron chi connectivity index (χ2n) is 5.83. The first-order valence-corrected chi connectivity index (χ1v) is 7.37. The topological polar surface area (TPSA) is 12.0 Å². The van der Waals surface area contributed by atoms with Crippen LogP contribution in [0.5, 0.6) is 0 Å². The molecule has 16 heavy (non-hydrogen) atoms. The largest absolute Gasteiger partial charge is 0.319 e. The zero-order valence-electron chi connectivity index (χ0n) is 11.8. The van der Waals surface area contributed by atoms with Gasteiger partial charge in [-0.2, -0.15) is 0 Å². The molecule has 0 spiro atoms. The first-order valence-electron chi connectivity index (χ1n) is 7.37. The molecule has 1 heteroatoms. The van der Waals surface area contributed by atoms with Gasteiger partial charge in [0, 0.05) is 0 Å². The predicted molar refractivity (Wildman–Crippen MR) is 72.6 cm³/mol. The Kier molecular flexibility index (Phi) is 6.41. The van der Waals surface area contributed by atoms with Gasteiger partial charge in [-0.05, 0) is 50.1 Å². The average molecular weight is 225 g/mol. The Morgan fingerprint density at radius 3 is 2.56 bits per heavy atom. The lowest BCUT2D eigenvalue weighted by atomic mass is 9.67. The number of hydrogen-bond donors (Lipinski definition) is 1. The van der Waals surface area contributed by atoms with Crippen molar-refractivity contribution < 1.29 is 0 Å². The Labute approximate surface area is 102 Å². The van der Waals surface area contributed by atoms with Crippen molar-refractivity contribution in [3.05, 3.63) is 0 Å². The van der Waals surface area contributed by atoms with Crippen LogP contribution in [0, 0.1) is 23.7 Å². The fraction of sp³-hybridized carbons (Fsp3) is 1.00. The molecule has 96 valence electrons. The van der Waals surface area contributed by atoms with Crippen molar-refractivity contribution in [3.8, 4) is 0 Å². The normalized spacial score (nSPS) is 32.6. The van der Waals surface area contributed by atoms with Crippen LogP contribution in [0.15, 0.2) is 0 Å². The molecule has 1 N–H and O–H groups in total. The average Bonchev–Trinajstić information content (AvgIpc) is 2.31. The Morgan fingerprint density at radius 2 is 2.00 bits per heavy atom. The van der Waals surface area contributed by atoms with E-state index in [1.807, 2.05) is 0 Å². The van der Waals surface area contributed by atoms with Crippen LogP contribution in [0.3, 0.4) is 0 Å². The molecule has 0 aromatic rings. The minimum absolute atomic E-state index is 0.915. The summed E-state index contributed by atoms with van der Waals surface area (Å²) in [7, 11) is 2.10. The number of nitrogens with one attached hydrogen (secondary N) is 1. The molecule has 0 aromatic carbocycles. The summed E-state index contributed by atoms with van der Waals surface area (Å²) in [6.07, 6.45) is 8.61. The SMILES string of the molecule is CCCC1CCC(CNC)C(C(C)CC)C1. The molecule has 0 heterocycles. The van der Waals surface area contributed by atoms with Gasteiger partial charge in [0.15, 0.2) is 0 Å². The van der Waals surface area contributed by atoms with Crippen molar-refractivity contribution in [2.75, 3.05) is 13.6 Å². The van der Waals surface area contributed by atoms with Crippen LogP contribution < -0.4 is 5.32 Å². The van der Waals surface area contributed by atoms with E-state index in [-0.39, 0.29) is 0 Å². The number of hydrogen-bond acceptors (Lipinski definition) is 1. The summed E-state index contributed by atoms with van der Waals surface area (Å²) in [5.41, 5.74) is 0. The Hall–Kier alpha value is -0.0400. The molecule has 0 aromatic heterocycles. The van der Waals surface area contributed by atoms with E-state index in [2.05, 4.69) is 33.1 Å². The third-order valence-corrected chi connectivity index (χ3v) is 4.69. The molecular weight excluding hydrogens is 194 g/mol. The van der Waals surface area contributed by atoms with Crippen LogP contribution in [0.4, 0.5) is 0 Å². The van der Waals surface area contributed by atoms with Crippen molar-refractivity contribution >= 4 is 0 Å². The van der Waals surface area contributed by atoms with Crippen LogP contribution in [0.1, 0.15) is 59.3 Å². The molecule has 1 aliphatic rings. The Bertz CT molecular complexity index is 178. The maximum Gasteiger partial charge on any atom is -0.00208 e. The Balaban J connectivity index is 2.54. The summed E-state index contributed by atoms with van der Waals surface area (Å²) >= 11 is 0. The van der Waals surface area contributed by atoms with Gasteiger partial charge < -0.3 is 5.32 Å². The lowest BCUT2D eigenvalue weighted by Crippen LogP contribution is -2.35. The quantitative estimate of drug-likeness (QED) is 0.718. The molecular formula is C15H31N. The van der Waals surface area contributed by atoms with Crippen molar-refractivity contribution in [2.24, 2.45) is 23.7 Å². The molecule has 0 amide bonds. The van der Waals surface area contributed by atoms with E-state index >= 15 is 0 Å². The fourth-order valence-corrected chi connectivity index (χ4v) is 3.54. The van der Waals surface area contributed by atoms with Crippen LogP contribution in [0.25, 0.3) is 0 Å². The standard InChI is InChI=1S/C15H31N/c1-5-7-13-8-9-14(11-16-4)15(10-13)12(3)6-2/h12-16H,5-11H2,1-4H3. The molecule has 1 fully saturated rings. The van der Waals surface area contributed by atoms with Gasteiger partial charge in [0.1, 0.15) is 0 Å². The van der Waals surface area contributed by atoms with E-state index in [0.717, 1.165) is 23.7 Å². The van der Waals surface area contributed by atoms with Gasteiger partial charge in [-0.25, -0.2) is 0 Å². The summed E-state index contributed by atoms with van der Waals surface area (Å²) in [5, 5.41) is 3.39. The van der Waals surface area contributed by atoms with Gasteiger partial charge in [-0.15, -0.1) is 0 Å². The Morgan fingerprint density at radius 1 is 1.25 bits per heavy atom. The maximum absolute atomic E-state index is 3.39. The van der Waals surface area contributed by atoms with E-state index in [1.165, 1.54) is 45.1 Å². The third kappa shape index (κ3) is 3.76.